The summed E-state index contributed by atoms with van der Waals surface area (Å²) in [5.41, 5.74) is 4.59. The van der Waals surface area contributed by atoms with Gasteiger partial charge in [0, 0.05) is 36.3 Å². The van der Waals surface area contributed by atoms with Crippen molar-refractivity contribution < 1.29 is 4.79 Å². The van der Waals surface area contributed by atoms with Gasteiger partial charge >= 0.3 is 0 Å². The Kier molecular flexibility index (Phi) is 4.98. The van der Waals surface area contributed by atoms with Gasteiger partial charge in [-0.2, -0.15) is 0 Å². The Labute approximate surface area is 144 Å². The molecule has 1 unspecified atom stereocenters. The standard InChI is InChI=1S/C21H26N2O/c1-15(2)21(24)23-11-7-10-18(14-23)20-13-19(12-16(3)22-20)17-8-5-4-6-9-17/h4-6,8-9,12-13,15,18H,7,10-11,14H2,1-3H3. The number of likely N-dealkylation sites (tertiary alicyclic amines) is 1. The average molecular weight is 322 g/mol. The Balaban J connectivity index is 1.86. The van der Waals surface area contributed by atoms with Gasteiger partial charge in [-0.3, -0.25) is 9.78 Å². The van der Waals surface area contributed by atoms with Gasteiger partial charge in [0.25, 0.3) is 0 Å². The van der Waals surface area contributed by atoms with Gasteiger partial charge in [-0.1, -0.05) is 44.2 Å². The summed E-state index contributed by atoms with van der Waals surface area (Å²) in [5, 5.41) is 0. The molecule has 2 heterocycles. The molecule has 1 saturated heterocycles. The number of hydrogen-bond acceptors (Lipinski definition) is 2. The van der Waals surface area contributed by atoms with Crippen LogP contribution >= 0.6 is 0 Å². The van der Waals surface area contributed by atoms with E-state index >= 15 is 0 Å². The number of hydrogen-bond donors (Lipinski definition) is 0. The molecule has 24 heavy (non-hydrogen) atoms. The van der Waals surface area contributed by atoms with Crippen molar-refractivity contribution >= 4 is 5.91 Å². The summed E-state index contributed by atoms with van der Waals surface area (Å²) in [7, 11) is 0. The Hall–Kier alpha value is -2.16. The van der Waals surface area contributed by atoms with E-state index < -0.39 is 0 Å². The maximum atomic E-state index is 12.3. The molecule has 0 saturated carbocycles. The minimum Gasteiger partial charge on any atom is -0.342 e. The summed E-state index contributed by atoms with van der Waals surface area (Å²) in [6.45, 7) is 7.68. The summed E-state index contributed by atoms with van der Waals surface area (Å²) in [6, 6.07) is 14.8. The van der Waals surface area contributed by atoms with Gasteiger partial charge < -0.3 is 4.90 Å². The fourth-order valence-corrected chi connectivity index (χ4v) is 3.48. The molecule has 0 radical (unpaired) electrons. The van der Waals surface area contributed by atoms with Crippen molar-refractivity contribution in [2.45, 2.75) is 39.5 Å². The fraction of sp³-hybridized carbons (Fsp3) is 0.429. The molecule has 3 rings (SSSR count). The fourth-order valence-electron chi connectivity index (χ4n) is 3.48. The summed E-state index contributed by atoms with van der Waals surface area (Å²) in [5.74, 6) is 0.661. The molecule has 3 nitrogen and oxygen atoms in total. The van der Waals surface area contributed by atoms with Gasteiger partial charge in [-0.15, -0.1) is 0 Å². The molecule has 1 atom stereocenters. The highest BCUT2D eigenvalue weighted by Crippen LogP contribution is 2.30. The molecule has 2 aromatic rings. The maximum Gasteiger partial charge on any atom is 0.225 e. The van der Waals surface area contributed by atoms with Gasteiger partial charge in [0.1, 0.15) is 0 Å². The van der Waals surface area contributed by atoms with E-state index in [9.17, 15) is 4.79 Å². The predicted molar refractivity (Wildman–Crippen MR) is 97.8 cm³/mol. The van der Waals surface area contributed by atoms with Crippen LogP contribution in [0.1, 0.15) is 44.0 Å². The highest BCUT2D eigenvalue weighted by Gasteiger charge is 2.27. The van der Waals surface area contributed by atoms with Crippen LogP contribution in [0, 0.1) is 12.8 Å². The van der Waals surface area contributed by atoms with Crippen LogP contribution in [-0.4, -0.2) is 28.9 Å². The molecule has 1 fully saturated rings. The summed E-state index contributed by atoms with van der Waals surface area (Å²) < 4.78 is 0. The third-order valence-corrected chi connectivity index (χ3v) is 4.73. The van der Waals surface area contributed by atoms with Crippen LogP contribution in [0.15, 0.2) is 42.5 Å². The topological polar surface area (TPSA) is 33.2 Å². The Morgan fingerprint density at radius 2 is 1.92 bits per heavy atom. The lowest BCUT2D eigenvalue weighted by Gasteiger charge is -2.34. The smallest absolute Gasteiger partial charge is 0.225 e. The molecule has 1 aliphatic rings. The Bertz CT molecular complexity index is 709. The summed E-state index contributed by atoms with van der Waals surface area (Å²) in [4.78, 5) is 19.1. The number of nitrogens with zero attached hydrogens (tertiary/aromatic N) is 2. The lowest BCUT2D eigenvalue weighted by Crippen LogP contribution is -2.41. The molecule has 0 aliphatic carbocycles. The van der Waals surface area contributed by atoms with Gasteiger partial charge in [0.2, 0.25) is 5.91 Å². The molecule has 1 aromatic carbocycles. The monoisotopic (exact) mass is 322 g/mol. The highest BCUT2D eigenvalue weighted by molar-refractivity contribution is 5.78. The zero-order chi connectivity index (χ0) is 17.1. The van der Waals surface area contributed by atoms with Crippen molar-refractivity contribution in [2.24, 2.45) is 5.92 Å². The first kappa shape index (κ1) is 16.7. The van der Waals surface area contributed by atoms with Crippen molar-refractivity contribution in [1.82, 2.24) is 9.88 Å². The first-order valence-corrected chi connectivity index (χ1v) is 8.87. The van der Waals surface area contributed by atoms with E-state index in [4.69, 9.17) is 4.98 Å². The number of rotatable bonds is 3. The van der Waals surface area contributed by atoms with E-state index in [0.717, 1.165) is 37.3 Å². The molecule has 126 valence electrons. The number of benzene rings is 1. The highest BCUT2D eigenvalue weighted by atomic mass is 16.2. The van der Waals surface area contributed by atoms with Gasteiger partial charge in [-0.25, -0.2) is 0 Å². The molecule has 1 amide bonds. The maximum absolute atomic E-state index is 12.3. The number of piperidine rings is 1. The Morgan fingerprint density at radius 3 is 2.62 bits per heavy atom. The van der Waals surface area contributed by atoms with Crippen molar-refractivity contribution in [2.75, 3.05) is 13.1 Å². The van der Waals surface area contributed by atoms with Gasteiger partial charge in [0.05, 0.1) is 0 Å². The van der Waals surface area contributed by atoms with Crippen LogP contribution in [0.3, 0.4) is 0 Å². The third kappa shape index (κ3) is 3.66. The molecular weight excluding hydrogens is 296 g/mol. The van der Waals surface area contributed by atoms with Crippen molar-refractivity contribution in [1.29, 1.82) is 0 Å². The normalized spacial score (nSPS) is 18.0. The van der Waals surface area contributed by atoms with Crippen LogP contribution in [0.5, 0.6) is 0 Å². The second-order valence-corrected chi connectivity index (χ2v) is 7.07. The molecule has 0 N–H and O–H groups in total. The number of carbonyl (C=O) groups excluding carboxylic acids is 1. The van der Waals surface area contributed by atoms with Crippen molar-refractivity contribution in [3.05, 3.63) is 53.9 Å². The second kappa shape index (κ2) is 7.16. The first-order valence-electron chi connectivity index (χ1n) is 8.87. The van der Waals surface area contributed by atoms with E-state index in [2.05, 4.69) is 43.3 Å². The van der Waals surface area contributed by atoms with E-state index in [1.165, 1.54) is 11.1 Å². The van der Waals surface area contributed by atoms with Crippen LogP contribution < -0.4 is 0 Å². The number of carbonyl (C=O) groups is 1. The summed E-state index contributed by atoms with van der Waals surface area (Å²) in [6.07, 6.45) is 2.16. The van der Waals surface area contributed by atoms with Crippen molar-refractivity contribution in [3.8, 4) is 11.1 Å². The van der Waals surface area contributed by atoms with Crippen LogP contribution in [-0.2, 0) is 4.79 Å². The Morgan fingerprint density at radius 1 is 1.17 bits per heavy atom. The molecule has 0 bridgehead atoms. The summed E-state index contributed by atoms with van der Waals surface area (Å²) >= 11 is 0. The van der Waals surface area contributed by atoms with E-state index in [-0.39, 0.29) is 11.8 Å². The molecule has 1 aliphatic heterocycles. The van der Waals surface area contributed by atoms with Crippen LogP contribution in [0.2, 0.25) is 0 Å². The SMILES string of the molecule is Cc1cc(-c2ccccc2)cc(C2CCCN(C(=O)C(C)C)C2)n1. The number of aromatic nitrogens is 1. The minimum absolute atomic E-state index is 0.0640. The molecule has 1 aromatic heterocycles. The van der Waals surface area contributed by atoms with Crippen LogP contribution in [0.25, 0.3) is 11.1 Å². The van der Waals surface area contributed by atoms with E-state index in [0.29, 0.717) is 5.92 Å². The molecule has 0 spiro atoms. The number of pyridine rings is 1. The zero-order valence-electron chi connectivity index (χ0n) is 14.8. The molecular formula is C21H26N2O. The van der Waals surface area contributed by atoms with Crippen molar-refractivity contribution in [3.63, 3.8) is 0 Å². The van der Waals surface area contributed by atoms with Gasteiger partial charge in [-0.05, 0) is 43.0 Å². The quantitative estimate of drug-likeness (QED) is 0.838. The average Bonchev–Trinajstić information content (AvgIpc) is 2.61. The van der Waals surface area contributed by atoms with Crippen LogP contribution in [0.4, 0.5) is 0 Å². The minimum atomic E-state index is 0.0640. The lowest BCUT2D eigenvalue weighted by atomic mass is 9.91. The zero-order valence-corrected chi connectivity index (χ0v) is 14.8. The number of amides is 1. The van der Waals surface area contributed by atoms with E-state index in [1.807, 2.05) is 24.8 Å². The molecule has 3 heteroatoms. The first-order chi connectivity index (χ1) is 11.5. The third-order valence-electron chi connectivity index (χ3n) is 4.73. The lowest BCUT2D eigenvalue weighted by molar-refractivity contribution is -0.135. The largest absolute Gasteiger partial charge is 0.342 e. The van der Waals surface area contributed by atoms with E-state index in [1.54, 1.807) is 0 Å². The second-order valence-electron chi connectivity index (χ2n) is 7.07. The van der Waals surface area contributed by atoms with Gasteiger partial charge in [0.15, 0.2) is 0 Å². The predicted octanol–water partition coefficient (Wildman–Crippen LogP) is 4.42. The number of aryl methyl sites for hydroxylation is 1.